The Labute approximate surface area is 134 Å². The lowest BCUT2D eigenvalue weighted by Gasteiger charge is -2.28. The van der Waals surface area contributed by atoms with Crippen molar-refractivity contribution in [2.75, 3.05) is 25.0 Å². The normalized spacial score (nSPS) is 16.1. The predicted octanol–water partition coefficient (Wildman–Crippen LogP) is 4.25. The minimum absolute atomic E-state index is 0.758. The fourth-order valence-electron chi connectivity index (χ4n) is 3.06. The van der Waals surface area contributed by atoms with Crippen LogP contribution < -0.4 is 10.2 Å². The van der Waals surface area contributed by atoms with Gasteiger partial charge in [-0.1, -0.05) is 37.8 Å². The molecule has 21 heavy (non-hydrogen) atoms. The van der Waals surface area contributed by atoms with Gasteiger partial charge >= 0.3 is 0 Å². The van der Waals surface area contributed by atoms with Crippen molar-refractivity contribution in [1.29, 1.82) is 0 Å². The van der Waals surface area contributed by atoms with Crippen molar-refractivity contribution in [3.63, 3.8) is 0 Å². The second-order valence-electron chi connectivity index (χ2n) is 6.20. The van der Waals surface area contributed by atoms with Crippen LogP contribution in [-0.2, 0) is 6.54 Å². The largest absolute Gasteiger partial charge is 0.359 e. The number of halogens is 1. The van der Waals surface area contributed by atoms with Gasteiger partial charge in [-0.15, -0.1) is 0 Å². The van der Waals surface area contributed by atoms with E-state index in [1.807, 2.05) is 0 Å². The van der Waals surface area contributed by atoms with Gasteiger partial charge in [-0.3, -0.25) is 0 Å². The van der Waals surface area contributed by atoms with Gasteiger partial charge in [-0.05, 0) is 43.4 Å². The molecular weight excluding hydrogens is 282 g/mol. The maximum absolute atomic E-state index is 6.25. The summed E-state index contributed by atoms with van der Waals surface area (Å²) in [7, 11) is 2.15. The summed E-state index contributed by atoms with van der Waals surface area (Å²) >= 11 is 6.25. The van der Waals surface area contributed by atoms with Crippen LogP contribution in [0.15, 0.2) is 12.3 Å². The Bertz CT molecular complexity index is 430. The molecule has 1 aromatic rings. The van der Waals surface area contributed by atoms with E-state index in [-0.39, 0.29) is 0 Å². The Morgan fingerprint density at radius 3 is 2.81 bits per heavy atom. The highest BCUT2D eigenvalue weighted by molar-refractivity contribution is 6.31. The topological polar surface area (TPSA) is 28.2 Å². The highest BCUT2D eigenvalue weighted by Crippen LogP contribution is 2.26. The number of rotatable bonds is 7. The van der Waals surface area contributed by atoms with Crippen LogP contribution in [0.5, 0.6) is 0 Å². The molecule has 0 aliphatic heterocycles. The Morgan fingerprint density at radius 2 is 2.10 bits per heavy atom. The molecule has 1 saturated carbocycles. The van der Waals surface area contributed by atoms with Crippen LogP contribution in [0.2, 0.25) is 5.02 Å². The lowest BCUT2D eigenvalue weighted by molar-refractivity contribution is 0.361. The summed E-state index contributed by atoms with van der Waals surface area (Å²) in [5.41, 5.74) is 1.14. The van der Waals surface area contributed by atoms with Crippen LogP contribution in [0.1, 0.15) is 51.0 Å². The maximum Gasteiger partial charge on any atom is 0.128 e. The van der Waals surface area contributed by atoms with Gasteiger partial charge in [-0.25, -0.2) is 4.98 Å². The van der Waals surface area contributed by atoms with E-state index in [9.17, 15) is 0 Å². The predicted molar refractivity (Wildman–Crippen MR) is 91.1 cm³/mol. The SMILES string of the molecule is CCCNCc1cc(N(C)CC2CCCCC2)ncc1Cl. The van der Waals surface area contributed by atoms with Crippen molar-refractivity contribution < 1.29 is 0 Å². The Hall–Kier alpha value is -0.800. The van der Waals surface area contributed by atoms with Crippen molar-refractivity contribution in [2.24, 2.45) is 5.92 Å². The number of nitrogens with zero attached hydrogens (tertiary/aromatic N) is 2. The van der Waals surface area contributed by atoms with Gasteiger partial charge in [0.15, 0.2) is 0 Å². The monoisotopic (exact) mass is 309 g/mol. The van der Waals surface area contributed by atoms with E-state index >= 15 is 0 Å². The highest BCUT2D eigenvalue weighted by atomic mass is 35.5. The lowest BCUT2D eigenvalue weighted by atomic mass is 9.89. The van der Waals surface area contributed by atoms with Crippen molar-refractivity contribution in [1.82, 2.24) is 10.3 Å². The van der Waals surface area contributed by atoms with Gasteiger partial charge in [0.25, 0.3) is 0 Å². The minimum Gasteiger partial charge on any atom is -0.359 e. The first kappa shape index (κ1) is 16.6. The number of nitrogens with one attached hydrogen (secondary N) is 1. The number of hydrogen-bond donors (Lipinski definition) is 1. The molecule has 118 valence electrons. The second kappa shape index (κ2) is 8.60. The molecule has 0 amide bonds. The quantitative estimate of drug-likeness (QED) is 0.763. The lowest BCUT2D eigenvalue weighted by Crippen LogP contribution is -2.27. The molecule has 2 rings (SSSR count). The minimum atomic E-state index is 0.758. The van der Waals surface area contributed by atoms with Crippen LogP contribution in [0.4, 0.5) is 5.82 Å². The molecule has 1 heterocycles. The zero-order chi connectivity index (χ0) is 15.1. The summed E-state index contributed by atoms with van der Waals surface area (Å²) < 4.78 is 0. The zero-order valence-electron chi connectivity index (χ0n) is 13.4. The van der Waals surface area contributed by atoms with E-state index in [2.05, 4.69) is 35.2 Å². The molecule has 1 aliphatic rings. The van der Waals surface area contributed by atoms with E-state index < -0.39 is 0 Å². The first-order valence-corrected chi connectivity index (χ1v) is 8.64. The van der Waals surface area contributed by atoms with Crippen LogP contribution in [0.25, 0.3) is 0 Å². The summed E-state index contributed by atoms with van der Waals surface area (Å²) in [5.74, 6) is 1.86. The third kappa shape index (κ3) is 5.15. The van der Waals surface area contributed by atoms with Crippen molar-refractivity contribution >= 4 is 17.4 Å². The fraction of sp³-hybridized carbons (Fsp3) is 0.706. The molecule has 4 heteroatoms. The number of pyridine rings is 1. The molecule has 0 atom stereocenters. The summed E-state index contributed by atoms with van der Waals surface area (Å²) in [6.07, 6.45) is 9.84. The fourth-order valence-corrected chi connectivity index (χ4v) is 3.23. The van der Waals surface area contributed by atoms with E-state index in [1.54, 1.807) is 6.20 Å². The van der Waals surface area contributed by atoms with Gasteiger partial charge in [0.2, 0.25) is 0 Å². The molecule has 1 N–H and O–H groups in total. The first-order chi connectivity index (χ1) is 10.2. The van der Waals surface area contributed by atoms with Gasteiger partial charge in [-0.2, -0.15) is 0 Å². The molecule has 1 fully saturated rings. The maximum atomic E-state index is 6.25. The molecule has 3 nitrogen and oxygen atoms in total. The molecule has 0 unspecified atom stereocenters. The van der Waals surface area contributed by atoms with Crippen molar-refractivity contribution in [2.45, 2.75) is 52.0 Å². The Kier molecular flexibility index (Phi) is 6.78. The Morgan fingerprint density at radius 1 is 1.33 bits per heavy atom. The van der Waals surface area contributed by atoms with Crippen molar-refractivity contribution in [3.8, 4) is 0 Å². The zero-order valence-corrected chi connectivity index (χ0v) is 14.1. The standard InChI is InChI=1S/C17H28ClN3/c1-3-9-19-11-15-10-17(20-12-16(15)18)21(2)13-14-7-5-4-6-8-14/h10,12,14,19H,3-9,11,13H2,1-2H3. The van der Waals surface area contributed by atoms with E-state index in [0.717, 1.165) is 48.4 Å². The first-order valence-electron chi connectivity index (χ1n) is 8.27. The molecule has 0 radical (unpaired) electrons. The molecular formula is C17H28ClN3. The van der Waals surface area contributed by atoms with Crippen LogP contribution in [-0.4, -0.2) is 25.1 Å². The van der Waals surface area contributed by atoms with Crippen LogP contribution in [0, 0.1) is 5.92 Å². The van der Waals surface area contributed by atoms with Crippen LogP contribution in [0.3, 0.4) is 0 Å². The average molecular weight is 310 g/mol. The van der Waals surface area contributed by atoms with Gasteiger partial charge < -0.3 is 10.2 Å². The average Bonchev–Trinajstić information content (AvgIpc) is 2.50. The highest BCUT2D eigenvalue weighted by Gasteiger charge is 2.16. The summed E-state index contributed by atoms with van der Waals surface area (Å²) in [4.78, 5) is 6.79. The van der Waals surface area contributed by atoms with Gasteiger partial charge in [0.05, 0.1) is 5.02 Å². The summed E-state index contributed by atoms with van der Waals surface area (Å²) in [6, 6.07) is 2.13. The molecule has 0 spiro atoms. The summed E-state index contributed by atoms with van der Waals surface area (Å²) in [6.45, 7) is 5.12. The molecule has 0 aromatic carbocycles. The summed E-state index contributed by atoms with van der Waals surface area (Å²) in [5, 5.41) is 4.17. The van der Waals surface area contributed by atoms with E-state index in [1.165, 1.54) is 32.1 Å². The third-order valence-corrected chi connectivity index (χ3v) is 4.65. The van der Waals surface area contributed by atoms with Gasteiger partial charge in [0, 0.05) is 26.3 Å². The molecule has 1 aliphatic carbocycles. The van der Waals surface area contributed by atoms with E-state index in [0.29, 0.717) is 0 Å². The second-order valence-corrected chi connectivity index (χ2v) is 6.60. The van der Waals surface area contributed by atoms with Gasteiger partial charge in [0.1, 0.15) is 5.82 Å². The van der Waals surface area contributed by atoms with Crippen molar-refractivity contribution in [3.05, 3.63) is 22.8 Å². The van der Waals surface area contributed by atoms with Crippen LogP contribution >= 0.6 is 11.6 Å². The number of aromatic nitrogens is 1. The van der Waals surface area contributed by atoms with E-state index in [4.69, 9.17) is 11.6 Å². The smallest absolute Gasteiger partial charge is 0.128 e. The number of hydrogen-bond acceptors (Lipinski definition) is 3. The molecule has 1 aromatic heterocycles. The Balaban J connectivity index is 1.95. The molecule has 0 bridgehead atoms. The third-order valence-electron chi connectivity index (χ3n) is 4.31. The molecule has 0 saturated heterocycles. The number of anilines is 1.